The highest BCUT2D eigenvalue weighted by molar-refractivity contribution is 6.60. The Kier molecular flexibility index (Phi) is 18.9. The van der Waals surface area contributed by atoms with Crippen molar-refractivity contribution in [2.45, 2.75) is 39.5 Å². The van der Waals surface area contributed by atoms with Crippen LogP contribution in [0.5, 0.6) is 0 Å². The average Bonchev–Trinajstić information content (AvgIpc) is 3.53. The highest BCUT2D eigenvalue weighted by atomic mass is 16.4. The molecule has 0 spiro atoms. The van der Waals surface area contributed by atoms with Gasteiger partial charge >= 0.3 is 28.5 Å². The molecule has 0 saturated carbocycles. The summed E-state index contributed by atoms with van der Waals surface area (Å²) in [6.45, 7) is 7.02. The monoisotopic (exact) mass is 1090 g/mol. The van der Waals surface area contributed by atoms with E-state index in [1.807, 2.05) is 171 Å². The van der Waals surface area contributed by atoms with Crippen molar-refractivity contribution in [1.82, 2.24) is 10.6 Å². The lowest BCUT2D eigenvalue weighted by atomic mass is 9.77. The molecule has 4 heterocycles. The van der Waals surface area contributed by atoms with E-state index in [2.05, 4.69) is 17.2 Å². The Morgan fingerprint density at radius 1 is 0.402 bits per heavy atom. The molecule has 408 valence electrons. The first-order chi connectivity index (χ1) is 39.6. The number of aromatic nitrogens is 4. The van der Waals surface area contributed by atoms with Gasteiger partial charge in [-0.15, -0.1) is 0 Å². The molecule has 82 heavy (non-hydrogen) atoms. The lowest BCUT2D eigenvalue weighted by Crippen LogP contribution is -2.41. The van der Waals surface area contributed by atoms with Crippen LogP contribution in [0.15, 0.2) is 213 Å². The van der Waals surface area contributed by atoms with Gasteiger partial charge in [-0.1, -0.05) is 104 Å². The fourth-order valence-electron chi connectivity index (χ4n) is 10.0. The summed E-state index contributed by atoms with van der Waals surface area (Å²) in [5, 5.41) is 88.4. The van der Waals surface area contributed by atoms with E-state index in [1.165, 1.54) is 0 Å². The number of nitrogens with zero attached hydrogens (tertiary/aromatic N) is 4. The Morgan fingerprint density at radius 3 is 1.09 bits per heavy atom. The molecule has 0 saturated heterocycles. The van der Waals surface area contributed by atoms with Crippen LogP contribution >= 0.6 is 0 Å². The van der Waals surface area contributed by atoms with Gasteiger partial charge in [0.2, 0.25) is 5.91 Å². The minimum atomic E-state index is -1.73. The van der Waals surface area contributed by atoms with Crippen LogP contribution in [0.25, 0.3) is 44.5 Å². The zero-order valence-electron chi connectivity index (χ0n) is 45.2. The lowest BCUT2D eigenvalue weighted by Gasteiger charge is -2.13. The highest BCUT2D eigenvalue weighted by Gasteiger charge is 2.25. The van der Waals surface area contributed by atoms with Crippen molar-refractivity contribution in [2.24, 2.45) is 0 Å². The minimum absolute atomic E-state index is 0.230. The number of carbonyl (C=O) groups is 2. The Labute approximate surface area is 477 Å². The van der Waals surface area contributed by atoms with E-state index in [4.69, 9.17) is 0 Å². The molecule has 0 aliphatic rings. The zero-order chi connectivity index (χ0) is 57.9. The minimum Gasteiger partial charge on any atom is -0.423 e. The summed E-state index contributed by atoms with van der Waals surface area (Å²) in [7, 11) is -6.78. The lowest BCUT2D eigenvalue weighted by molar-refractivity contribution is -0.689. The van der Waals surface area contributed by atoms with E-state index in [0.29, 0.717) is 92.4 Å². The molecular formula is C62H62B4N6O10+4. The summed E-state index contributed by atoms with van der Waals surface area (Å²) < 4.78 is 7.82. The highest BCUT2D eigenvalue weighted by Crippen LogP contribution is 2.32. The maximum absolute atomic E-state index is 14.5. The first-order valence-corrected chi connectivity index (χ1v) is 26.8. The average molecular weight is 1090 g/mol. The van der Waals surface area contributed by atoms with Crippen LogP contribution in [-0.4, -0.2) is 93.6 Å². The quantitative estimate of drug-likeness (QED) is 0.0192. The SMILES string of the molecule is C=C(C)C(=O)NCCCNC(=O)c1cc(-c2cc(-c3ccc[n+](Cc4ccccc4B(O)O)c3)c[n+](Cc3ccccc3B(O)O)c2)cc(-c2cc(-c3ccc[n+](Cc4ccccc4B(O)O)c3)c[n+](Cc3ccccc3B(O)O)c2)c1. The number of hydrogen-bond acceptors (Lipinski definition) is 10. The van der Waals surface area contributed by atoms with Crippen LogP contribution in [0.3, 0.4) is 0 Å². The second-order valence-electron chi connectivity index (χ2n) is 20.2. The van der Waals surface area contributed by atoms with Crippen molar-refractivity contribution in [3.05, 3.63) is 241 Å². The van der Waals surface area contributed by atoms with Gasteiger partial charge in [0.15, 0.2) is 75.8 Å². The van der Waals surface area contributed by atoms with Gasteiger partial charge in [-0.3, -0.25) is 9.59 Å². The maximum atomic E-state index is 14.5. The number of pyridine rings is 4. The standard InChI is InChI=1S/C62H60B4N6O10/c1-43(2)61(73)67-24-13-25-68-62(74)52-29-50(55-31-53(39-71(41-55)37-48-16-5-9-22-59(48)65(79)80)44-18-11-26-69(33-44)35-46-14-3-7-20-57(46)63(75)76)28-51(30-52)56-32-54(40-72(42-56)38-49-17-6-10-23-60(49)66(81)82)45-19-12-27-70(34-45)36-47-15-4-8-21-58(47)64(77)78/h3-12,14-23,26-34,39-42,75-82H,1,13,24-25,35-38H2,2H3/q+2/p+2. The van der Waals surface area contributed by atoms with Gasteiger partial charge in [-0.05, 0) is 88.8 Å². The Bertz CT molecular complexity index is 3570. The molecule has 4 aromatic heterocycles. The summed E-state index contributed by atoms with van der Waals surface area (Å²) in [6.07, 6.45) is 16.0. The third-order valence-corrected chi connectivity index (χ3v) is 14.1. The molecular weight excluding hydrogens is 1030 g/mol. The summed E-state index contributed by atoms with van der Waals surface area (Å²) in [6, 6.07) is 45.8. The van der Waals surface area contributed by atoms with Crippen LogP contribution in [-0.2, 0) is 31.0 Å². The van der Waals surface area contributed by atoms with Crippen LogP contribution < -0.4 is 50.8 Å². The topological polar surface area (TPSA) is 236 Å². The van der Waals surface area contributed by atoms with Crippen molar-refractivity contribution < 1.29 is 68.0 Å². The predicted molar refractivity (Wildman–Crippen MR) is 315 cm³/mol. The van der Waals surface area contributed by atoms with Gasteiger partial charge in [0.25, 0.3) is 5.91 Å². The van der Waals surface area contributed by atoms with E-state index in [-0.39, 0.29) is 31.4 Å². The molecule has 0 radical (unpaired) electrons. The summed E-state index contributed by atoms with van der Waals surface area (Å²) in [5.74, 6) is -0.641. The molecule has 10 N–H and O–H groups in total. The molecule has 2 amide bonds. The molecule has 0 aliphatic carbocycles. The van der Waals surface area contributed by atoms with Crippen LogP contribution in [0, 0.1) is 0 Å². The maximum Gasteiger partial charge on any atom is 0.488 e. The molecule has 9 aromatic rings. The summed E-state index contributed by atoms with van der Waals surface area (Å²) >= 11 is 0. The molecule has 0 bridgehead atoms. The molecule has 0 fully saturated rings. The van der Waals surface area contributed by atoms with Gasteiger partial charge in [0.1, 0.15) is 0 Å². The fourth-order valence-corrected chi connectivity index (χ4v) is 10.0. The van der Waals surface area contributed by atoms with Gasteiger partial charge < -0.3 is 50.8 Å². The van der Waals surface area contributed by atoms with E-state index >= 15 is 0 Å². The molecule has 20 heteroatoms. The second-order valence-corrected chi connectivity index (χ2v) is 20.2. The molecule has 9 rings (SSSR count). The molecule has 5 aromatic carbocycles. The number of carbonyl (C=O) groups excluding carboxylic acids is 2. The van der Waals surface area contributed by atoms with E-state index in [1.54, 1.807) is 55.5 Å². The third kappa shape index (κ3) is 14.6. The fraction of sp³-hybridized carbons (Fsp3) is 0.129. The number of amides is 2. The molecule has 16 nitrogen and oxygen atoms in total. The number of benzene rings is 5. The van der Waals surface area contributed by atoms with Crippen molar-refractivity contribution in [1.29, 1.82) is 0 Å². The molecule has 0 unspecified atom stereocenters. The summed E-state index contributed by atoms with van der Waals surface area (Å²) in [4.78, 5) is 26.8. The van der Waals surface area contributed by atoms with Gasteiger partial charge in [-0.2, -0.15) is 9.13 Å². The van der Waals surface area contributed by atoms with Crippen LogP contribution in [0.2, 0.25) is 0 Å². The molecule has 0 aliphatic heterocycles. The second kappa shape index (κ2) is 26.7. The Morgan fingerprint density at radius 2 is 0.720 bits per heavy atom. The predicted octanol–water partition coefficient (Wildman–Crippen LogP) is 0.229. The zero-order valence-corrected chi connectivity index (χ0v) is 45.2. The first-order valence-electron chi connectivity index (χ1n) is 26.8. The number of hydrogen-bond donors (Lipinski definition) is 10. The van der Waals surface area contributed by atoms with Gasteiger partial charge in [-0.25, -0.2) is 9.13 Å². The molecule has 0 atom stereocenters. The summed E-state index contributed by atoms with van der Waals surface area (Å²) in [5.41, 5.74) is 10.8. The van der Waals surface area contributed by atoms with Crippen molar-refractivity contribution >= 4 is 62.1 Å². The third-order valence-electron chi connectivity index (χ3n) is 14.1. The Hall–Kier alpha value is -8.68. The normalized spacial score (nSPS) is 11.0. The smallest absolute Gasteiger partial charge is 0.423 e. The van der Waals surface area contributed by atoms with Crippen LogP contribution in [0.4, 0.5) is 0 Å². The van der Waals surface area contributed by atoms with Gasteiger partial charge in [0.05, 0.1) is 22.3 Å². The van der Waals surface area contributed by atoms with Crippen molar-refractivity contribution in [3.8, 4) is 44.5 Å². The van der Waals surface area contributed by atoms with E-state index in [0.717, 1.165) is 33.4 Å². The largest absolute Gasteiger partial charge is 0.488 e. The van der Waals surface area contributed by atoms with Crippen molar-refractivity contribution in [3.63, 3.8) is 0 Å². The van der Waals surface area contributed by atoms with E-state index in [9.17, 15) is 49.8 Å². The number of nitrogens with one attached hydrogen (secondary N) is 2. The van der Waals surface area contributed by atoms with Gasteiger partial charge in [0, 0.05) is 69.7 Å². The van der Waals surface area contributed by atoms with Crippen LogP contribution in [0.1, 0.15) is 46.0 Å². The Balaban J connectivity index is 1.20. The van der Waals surface area contributed by atoms with E-state index < -0.39 is 28.5 Å². The van der Waals surface area contributed by atoms with Crippen molar-refractivity contribution in [2.75, 3.05) is 13.1 Å². The number of rotatable bonds is 22. The first kappa shape index (κ1) is 58.0.